The third kappa shape index (κ3) is 5.82. The van der Waals surface area contributed by atoms with Crippen LogP contribution in [-0.2, 0) is 25.0 Å². The summed E-state index contributed by atoms with van der Waals surface area (Å²) in [6, 6.07) is 11.9. The highest BCUT2D eigenvalue weighted by Crippen LogP contribution is 2.26. The molecule has 0 saturated carbocycles. The number of aryl methyl sites for hydroxylation is 1. The zero-order valence-electron chi connectivity index (χ0n) is 18.1. The van der Waals surface area contributed by atoms with E-state index in [1.165, 1.54) is 13.2 Å². The van der Waals surface area contributed by atoms with Crippen LogP contribution in [0.1, 0.15) is 42.3 Å². The van der Waals surface area contributed by atoms with Gasteiger partial charge in [-0.3, -0.25) is 9.10 Å². The number of esters is 1. The lowest BCUT2D eigenvalue weighted by Gasteiger charge is -2.24. The van der Waals surface area contributed by atoms with E-state index in [1.54, 1.807) is 31.2 Å². The maximum Gasteiger partial charge on any atom is 0.337 e. The van der Waals surface area contributed by atoms with Crippen LogP contribution in [0.25, 0.3) is 0 Å². The predicted molar refractivity (Wildman–Crippen MR) is 118 cm³/mol. The van der Waals surface area contributed by atoms with Crippen molar-refractivity contribution in [2.45, 2.75) is 33.1 Å². The minimum atomic E-state index is -3.69. The van der Waals surface area contributed by atoms with Crippen molar-refractivity contribution < 1.29 is 22.7 Å². The van der Waals surface area contributed by atoms with Crippen molar-refractivity contribution in [3.05, 3.63) is 59.2 Å². The average molecular weight is 433 g/mol. The number of nitrogens with zero attached hydrogens (tertiary/aromatic N) is 1. The number of methoxy groups -OCH3 is 1. The molecule has 7 nitrogen and oxygen atoms in total. The minimum absolute atomic E-state index is 0.0754. The Bertz CT molecular complexity index is 1040. The lowest BCUT2D eigenvalue weighted by molar-refractivity contribution is -0.114. The molecule has 0 heterocycles. The van der Waals surface area contributed by atoms with E-state index in [9.17, 15) is 18.0 Å². The molecule has 0 fully saturated rings. The fraction of sp³-hybridized carbons (Fsp3) is 0.364. The molecule has 0 atom stereocenters. The molecule has 0 aliphatic rings. The van der Waals surface area contributed by atoms with Crippen LogP contribution in [0.15, 0.2) is 42.5 Å². The first-order chi connectivity index (χ1) is 13.8. The van der Waals surface area contributed by atoms with Gasteiger partial charge in [-0.05, 0) is 47.7 Å². The predicted octanol–water partition coefficient (Wildman–Crippen LogP) is 3.48. The molecule has 2 rings (SSSR count). The van der Waals surface area contributed by atoms with Gasteiger partial charge in [-0.25, -0.2) is 13.2 Å². The molecular formula is C22H28N2O5S. The Hall–Kier alpha value is -2.87. The maximum atomic E-state index is 12.6. The van der Waals surface area contributed by atoms with Crippen molar-refractivity contribution in [1.29, 1.82) is 0 Å². The molecule has 0 saturated heterocycles. The number of carbonyl (C=O) groups excluding carboxylic acids is 2. The largest absolute Gasteiger partial charge is 0.465 e. The molecule has 0 unspecified atom stereocenters. The third-order valence-corrected chi connectivity index (χ3v) is 5.78. The van der Waals surface area contributed by atoms with E-state index in [0.29, 0.717) is 11.4 Å². The number of hydrogen-bond acceptors (Lipinski definition) is 5. The summed E-state index contributed by atoms with van der Waals surface area (Å²) in [4.78, 5) is 24.4. The first-order valence-corrected chi connectivity index (χ1v) is 11.2. The number of anilines is 2. The van der Waals surface area contributed by atoms with Crippen LogP contribution in [0, 0.1) is 6.92 Å². The van der Waals surface area contributed by atoms with E-state index >= 15 is 0 Å². The highest BCUT2D eigenvalue weighted by molar-refractivity contribution is 7.92. The highest BCUT2D eigenvalue weighted by atomic mass is 32.2. The molecular weight excluding hydrogens is 404 g/mol. The summed E-state index contributed by atoms with van der Waals surface area (Å²) in [6.45, 7) is 7.57. The number of amides is 1. The number of ether oxygens (including phenoxy) is 1. The standard InChI is InChI=1S/C22H28N2O5S/c1-15-7-8-16(21(26)29-5)13-19(15)23-20(25)14-24(30(6,27)28)18-11-9-17(10-12-18)22(2,3)4/h7-13H,14H2,1-6H3,(H,23,25). The van der Waals surface area contributed by atoms with E-state index < -0.39 is 28.4 Å². The van der Waals surface area contributed by atoms with E-state index in [1.807, 2.05) is 12.1 Å². The maximum absolute atomic E-state index is 12.6. The molecule has 0 aliphatic carbocycles. The van der Waals surface area contributed by atoms with Gasteiger partial charge in [0.2, 0.25) is 15.9 Å². The molecule has 30 heavy (non-hydrogen) atoms. The zero-order valence-corrected chi connectivity index (χ0v) is 19.0. The molecule has 8 heteroatoms. The van der Waals surface area contributed by atoms with E-state index in [-0.39, 0.29) is 11.0 Å². The third-order valence-electron chi connectivity index (χ3n) is 4.64. The van der Waals surface area contributed by atoms with Gasteiger partial charge in [0.25, 0.3) is 0 Å². The average Bonchev–Trinajstić information content (AvgIpc) is 2.65. The van der Waals surface area contributed by atoms with Crippen LogP contribution in [-0.4, -0.2) is 40.2 Å². The van der Waals surface area contributed by atoms with Crippen molar-refractivity contribution in [2.24, 2.45) is 0 Å². The summed E-state index contributed by atoms with van der Waals surface area (Å²) in [5.41, 5.74) is 2.82. The Labute approximate surface area is 178 Å². The SMILES string of the molecule is COC(=O)c1ccc(C)c(NC(=O)CN(c2ccc(C(C)(C)C)cc2)S(C)(=O)=O)c1. The van der Waals surface area contributed by atoms with Gasteiger partial charge >= 0.3 is 5.97 Å². The first kappa shape index (κ1) is 23.4. The van der Waals surface area contributed by atoms with E-state index in [0.717, 1.165) is 21.7 Å². The summed E-state index contributed by atoms with van der Waals surface area (Å²) in [5, 5.41) is 2.68. The lowest BCUT2D eigenvalue weighted by atomic mass is 9.87. The van der Waals surface area contributed by atoms with Gasteiger partial charge in [-0.1, -0.05) is 39.0 Å². The number of nitrogens with one attached hydrogen (secondary N) is 1. The Morgan fingerprint density at radius 1 is 1.07 bits per heavy atom. The molecule has 1 N–H and O–H groups in total. The second-order valence-corrected chi connectivity index (χ2v) is 10.0. The molecule has 1 amide bonds. The van der Waals surface area contributed by atoms with Gasteiger partial charge in [0.1, 0.15) is 6.54 Å². The zero-order chi connectivity index (χ0) is 22.7. The molecule has 0 aliphatic heterocycles. The Balaban J connectivity index is 2.26. The van der Waals surface area contributed by atoms with Crippen LogP contribution in [0.2, 0.25) is 0 Å². The lowest BCUT2D eigenvalue weighted by Crippen LogP contribution is -2.37. The summed E-state index contributed by atoms with van der Waals surface area (Å²) >= 11 is 0. The van der Waals surface area contributed by atoms with Crippen LogP contribution >= 0.6 is 0 Å². The number of sulfonamides is 1. The number of rotatable bonds is 6. The Kier molecular flexibility index (Phi) is 6.92. The van der Waals surface area contributed by atoms with Crippen molar-refractivity contribution in [2.75, 3.05) is 29.5 Å². The monoisotopic (exact) mass is 432 g/mol. The second-order valence-electron chi connectivity index (χ2n) is 8.14. The number of benzene rings is 2. The summed E-state index contributed by atoms with van der Waals surface area (Å²) in [6.07, 6.45) is 1.06. The van der Waals surface area contributed by atoms with E-state index in [2.05, 4.69) is 26.1 Å². The fourth-order valence-electron chi connectivity index (χ4n) is 2.85. The van der Waals surface area contributed by atoms with Crippen LogP contribution in [0.4, 0.5) is 11.4 Å². The van der Waals surface area contributed by atoms with Gasteiger partial charge in [0, 0.05) is 5.69 Å². The van der Waals surface area contributed by atoms with Crippen LogP contribution in [0.3, 0.4) is 0 Å². The molecule has 0 spiro atoms. The second kappa shape index (κ2) is 8.87. The molecule has 0 radical (unpaired) electrons. The van der Waals surface area contributed by atoms with Crippen LogP contribution in [0.5, 0.6) is 0 Å². The fourth-order valence-corrected chi connectivity index (χ4v) is 3.71. The van der Waals surface area contributed by atoms with Crippen LogP contribution < -0.4 is 9.62 Å². The smallest absolute Gasteiger partial charge is 0.337 e. The molecule has 2 aromatic rings. The Morgan fingerprint density at radius 2 is 1.67 bits per heavy atom. The quantitative estimate of drug-likeness (QED) is 0.706. The van der Waals surface area contributed by atoms with Gasteiger partial charge in [0.15, 0.2) is 0 Å². The van der Waals surface area contributed by atoms with E-state index in [4.69, 9.17) is 4.74 Å². The van der Waals surface area contributed by atoms with Crippen molar-refractivity contribution in [3.63, 3.8) is 0 Å². The van der Waals surface area contributed by atoms with Gasteiger partial charge in [0.05, 0.1) is 24.6 Å². The molecule has 2 aromatic carbocycles. The molecule has 0 aromatic heterocycles. The van der Waals surface area contributed by atoms with Crippen molar-refractivity contribution in [3.8, 4) is 0 Å². The van der Waals surface area contributed by atoms with Crippen molar-refractivity contribution in [1.82, 2.24) is 0 Å². The topological polar surface area (TPSA) is 92.8 Å². The summed E-state index contributed by atoms with van der Waals surface area (Å²) in [7, 11) is -2.42. The molecule has 162 valence electrons. The van der Waals surface area contributed by atoms with Gasteiger partial charge < -0.3 is 10.1 Å². The number of hydrogen-bond donors (Lipinski definition) is 1. The molecule has 0 bridgehead atoms. The summed E-state index contributed by atoms with van der Waals surface area (Å²) in [5.74, 6) is -1.05. The summed E-state index contributed by atoms with van der Waals surface area (Å²) < 4.78 is 30.4. The number of carbonyl (C=O) groups is 2. The van der Waals surface area contributed by atoms with Crippen molar-refractivity contribution >= 4 is 33.3 Å². The first-order valence-electron chi connectivity index (χ1n) is 9.40. The van der Waals surface area contributed by atoms with Gasteiger partial charge in [-0.15, -0.1) is 0 Å². The highest BCUT2D eigenvalue weighted by Gasteiger charge is 2.22. The normalized spacial score (nSPS) is 11.7. The minimum Gasteiger partial charge on any atom is -0.465 e. The van der Waals surface area contributed by atoms with Gasteiger partial charge in [-0.2, -0.15) is 0 Å². The Morgan fingerprint density at radius 3 is 2.17 bits per heavy atom.